The van der Waals surface area contributed by atoms with Crippen LogP contribution in [0.4, 0.5) is 0 Å². The number of nitrogens with zero attached hydrogens (tertiary/aromatic N) is 1. The number of aromatic nitrogens is 1. The second kappa shape index (κ2) is 0.885. The van der Waals surface area contributed by atoms with Gasteiger partial charge in [0.2, 0.25) is 0 Å². The molecule has 0 atom stereocenters. The summed E-state index contributed by atoms with van der Waals surface area (Å²) < 4.78 is 4.28. The van der Waals surface area contributed by atoms with E-state index in [0.29, 0.717) is 0 Å². The van der Waals surface area contributed by atoms with Gasteiger partial charge in [-0.25, -0.2) is 5.16 Å². The van der Waals surface area contributed by atoms with E-state index in [0.717, 1.165) is 0 Å². The third kappa shape index (κ3) is 0.265. The summed E-state index contributed by atoms with van der Waals surface area (Å²) in [5, 5.41) is 3.22. The Bertz CT molecular complexity index is 63.4. The molecule has 1 aromatic heterocycles. The number of rotatable bonds is 0. The van der Waals surface area contributed by atoms with Gasteiger partial charge >= 0.3 is 0 Å². The van der Waals surface area contributed by atoms with E-state index in [2.05, 4.69) is 15.9 Å². The summed E-state index contributed by atoms with van der Waals surface area (Å²) in [6, 6.07) is 1.60. The standard InChI is InChI=1S/C3H2NO/c1-2-4-5-3-1/h1,3H/q-1. The molecule has 0 unspecified atom stereocenters. The van der Waals surface area contributed by atoms with Gasteiger partial charge in [0.1, 0.15) is 0 Å². The second-order valence-corrected chi connectivity index (χ2v) is 0.629. The zero-order valence-corrected chi connectivity index (χ0v) is 2.51. The molecule has 0 saturated carbocycles. The Hall–Kier alpha value is -0.790. The second-order valence-electron chi connectivity index (χ2n) is 0.629. The molecule has 0 radical (unpaired) electrons. The lowest BCUT2D eigenvalue weighted by Crippen LogP contribution is -1.40. The van der Waals surface area contributed by atoms with Crippen LogP contribution in [0.25, 0.3) is 0 Å². The number of hydrogen-bond acceptors (Lipinski definition) is 2. The lowest BCUT2D eigenvalue weighted by atomic mass is 10.8. The minimum atomic E-state index is 1.46. The fourth-order valence-corrected chi connectivity index (χ4v) is 0.152. The van der Waals surface area contributed by atoms with Crippen LogP contribution in [0.15, 0.2) is 16.9 Å². The first kappa shape index (κ1) is 2.45. The average molecular weight is 68.1 g/mol. The first-order valence-corrected chi connectivity index (χ1v) is 1.26. The molecule has 1 heterocycles. The SMILES string of the molecule is [c-]1ccon1. The summed E-state index contributed by atoms with van der Waals surface area (Å²) in [7, 11) is 0. The minimum Gasteiger partial charge on any atom is -0.474 e. The van der Waals surface area contributed by atoms with Gasteiger partial charge in [-0.15, -0.1) is 6.20 Å². The van der Waals surface area contributed by atoms with Crippen molar-refractivity contribution in [2.24, 2.45) is 0 Å². The smallest absolute Gasteiger partial charge is 0.0311 e. The Morgan fingerprint density at radius 1 is 1.80 bits per heavy atom. The van der Waals surface area contributed by atoms with E-state index >= 15 is 0 Å². The first-order valence-electron chi connectivity index (χ1n) is 1.26. The molecule has 2 heteroatoms. The van der Waals surface area contributed by atoms with E-state index in [9.17, 15) is 0 Å². The molecule has 0 spiro atoms. The van der Waals surface area contributed by atoms with E-state index in [-0.39, 0.29) is 0 Å². The molecule has 5 heavy (non-hydrogen) atoms. The van der Waals surface area contributed by atoms with E-state index in [1.165, 1.54) is 6.26 Å². The third-order valence-corrected chi connectivity index (χ3v) is 0.309. The highest BCUT2D eigenvalue weighted by atomic mass is 16.5. The molecule has 0 aromatic carbocycles. The van der Waals surface area contributed by atoms with Crippen LogP contribution < -0.4 is 0 Å². The maximum atomic E-state index is 4.28. The van der Waals surface area contributed by atoms with Crippen LogP contribution in [-0.2, 0) is 0 Å². The largest absolute Gasteiger partial charge is 0.474 e. The Labute approximate surface area is 29.4 Å². The van der Waals surface area contributed by atoms with Crippen LogP contribution in [0.1, 0.15) is 0 Å². The number of hydrogen-bond donors (Lipinski definition) is 0. The molecule has 2 nitrogen and oxygen atoms in total. The molecule has 1 rings (SSSR count). The summed E-state index contributed by atoms with van der Waals surface area (Å²) >= 11 is 0. The molecule has 0 aliphatic rings. The third-order valence-electron chi connectivity index (χ3n) is 0.309. The molecule has 0 bridgehead atoms. The van der Waals surface area contributed by atoms with Crippen molar-refractivity contribution >= 4 is 0 Å². The molecule has 0 amide bonds. The van der Waals surface area contributed by atoms with Crippen molar-refractivity contribution in [1.82, 2.24) is 5.16 Å². The first-order chi connectivity index (χ1) is 2.50. The van der Waals surface area contributed by atoms with Crippen molar-refractivity contribution in [2.45, 2.75) is 0 Å². The maximum Gasteiger partial charge on any atom is -0.0311 e. The van der Waals surface area contributed by atoms with Gasteiger partial charge in [-0.1, -0.05) is 0 Å². The summed E-state index contributed by atoms with van der Waals surface area (Å²) in [5.74, 6) is 0. The molecular formula is C3H2NO-. The lowest BCUT2D eigenvalue weighted by molar-refractivity contribution is 0.418. The van der Waals surface area contributed by atoms with E-state index < -0.39 is 0 Å². The predicted octanol–water partition coefficient (Wildman–Crippen LogP) is 0.475. The van der Waals surface area contributed by atoms with Crippen molar-refractivity contribution < 1.29 is 4.52 Å². The Balaban J connectivity index is 3.13. The van der Waals surface area contributed by atoms with Gasteiger partial charge in [-0.05, 0) is 6.26 Å². The monoisotopic (exact) mass is 68.0 g/mol. The summed E-state index contributed by atoms with van der Waals surface area (Å²) in [4.78, 5) is 0. The van der Waals surface area contributed by atoms with Crippen LogP contribution in [0.3, 0.4) is 0 Å². The van der Waals surface area contributed by atoms with E-state index in [4.69, 9.17) is 0 Å². The Morgan fingerprint density at radius 2 is 2.80 bits per heavy atom. The van der Waals surface area contributed by atoms with Crippen LogP contribution in [0, 0.1) is 6.20 Å². The van der Waals surface area contributed by atoms with Crippen molar-refractivity contribution in [3.8, 4) is 0 Å². The van der Waals surface area contributed by atoms with Crippen molar-refractivity contribution in [3.05, 3.63) is 18.5 Å². The zero-order valence-electron chi connectivity index (χ0n) is 2.51. The molecule has 0 aliphatic carbocycles. The highest BCUT2D eigenvalue weighted by molar-refractivity contribution is 4.65. The van der Waals surface area contributed by atoms with Crippen molar-refractivity contribution in [1.29, 1.82) is 0 Å². The molecule has 0 N–H and O–H groups in total. The highest BCUT2D eigenvalue weighted by Gasteiger charge is 1.45. The molecule has 0 saturated heterocycles. The van der Waals surface area contributed by atoms with Gasteiger partial charge in [0.25, 0.3) is 0 Å². The maximum absolute atomic E-state index is 4.28. The quantitative estimate of drug-likeness (QED) is 0.413. The van der Waals surface area contributed by atoms with Crippen molar-refractivity contribution in [2.75, 3.05) is 0 Å². The molecule has 0 fully saturated rings. The normalized spacial score (nSPS) is 8.00. The minimum absolute atomic E-state index is 1.46. The fraction of sp³-hybridized carbons (Fsp3) is 0. The van der Waals surface area contributed by atoms with E-state index in [1.54, 1.807) is 6.07 Å². The lowest BCUT2D eigenvalue weighted by Gasteiger charge is -1.61. The Kier molecular flexibility index (Phi) is 0.433. The van der Waals surface area contributed by atoms with E-state index in [1.807, 2.05) is 0 Å². The highest BCUT2D eigenvalue weighted by Crippen LogP contribution is 1.70. The summed E-state index contributed by atoms with van der Waals surface area (Å²) in [6.07, 6.45) is 3.90. The Morgan fingerprint density at radius 3 is 3.00 bits per heavy atom. The fourth-order valence-electron chi connectivity index (χ4n) is 0.152. The van der Waals surface area contributed by atoms with Crippen LogP contribution in [0.5, 0.6) is 0 Å². The van der Waals surface area contributed by atoms with Gasteiger partial charge in [-0.3, -0.25) is 0 Å². The predicted molar refractivity (Wildman–Crippen MR) is 15.3 cm³/mol. The van der Waals surface area contributed by atoms with Gasteiger partial charge in [0, 0.05) is 0 Å². The molecule has 0 aliphatic heterocycles. The van der Waals surface area contributed by atoms with Crippen LogP contribution >= 0.6 is 0 Å². The van der Waals surface area contributed by atoms with Gasteiger partial charge in [0.05, 0.1) is 0 Å². The van der Waals surface area contributed by atoms with Crippen molar-refractivity contribution in [3.63, 3.8) is 0 Å². The molecular weight excluding hydrogens is 66.0 g/mol. The molecule has 26 valence electrons. The van der Waals surface area contributed by atoms with Crippen LogP contribution in [-0.4, -0.2) is 5.16 Å². The van der Waals surface area contributed by atoms with Crippen LogP contribution in [0.2, 0.25) is 0 Å². The topological polar surface area (TPSA) is 26.0 Å². The van der Waals surface area contributed by atoms with Gasteiger partial charge in [0.15, 0.2) is 0 Å². The summed E-state index contributed by atoms with van der Waals surface area (Å²) in [6.45, 7) is 0. The van der Waals surface area contributed by atoms with Gasteiger partial charge < -0.3 is 4.52 Å². The molecule has 1 aromatic rings. The zero-order chi connectivity index (χ0) is 3.54. The summed E-state index contributed by atoms with van der Waals surface area (Å²) in [5.41, 5.74) is 0. The average Bonchev–Trinajstić information content (AvgIpc) is 1.76. The van der Waals surface area contributed by atoms with Gasteiger partial charge in [-0.2, -0.15) is 6.07 Å².